The maximum atomic E-state index is 12.2. The van der Waals surface area contributed by atoms with E-state index in [0.29, 0.717) is 23.8 Å². The number of anilines is 1. The highest BCUT2D eigenvalue weighted by atomic mass is 16.3. The zero-order valence-corrected chi connectivity index (χ0v) is 12.2. The van der Waals surface area contributed by atoms with Crippen LogP contribution >= 0.6 is 0 Å². The van der Waals surface area contributed by atoms with Gasteiger partial charge in [-0.3, -0.25) is 9.48 Å². The van der Waals surface area contributed by atoms with Crippen LogP contribution < -0.4 is 11.1 Å². The second-order valence-electron chi connectivity index (χ2n) is 5.85. The molecular weight excluding hydrogens is 256 g/mol. The molecule has 1 heterocycles. The van der Waals surface area contributed by atoms with E-state index in [1.54, 1.807) is 4.68 Å². The van der Waals surface area contributed by atoms with Crippen LogP contribution in [0.15, 0.2) is 6.20 Å². The van der Waals surface area contributed by atoms with Crippen LogP contribution in [0.3, 0.4) is 0 Å². The highest BCUT2D eigenvalue weighted by molar-refractivity contribution is 5.97. The number of carbonyl (C=O) groups excluding carboxylic acids is 1. The van der Waals surface area contributed by atoms with Gasteiger partial charge in [0, 0.05) is 13.1 Å². The molecule has 1 aromatic rings. The number of nitrogens with zero attached hydrogens (tertiary/aromatic N) is 2. The van der Waals surface area contributed by atoms with E-state index in [1.165, 1.54) is 6.20 Å². The molecule has 2 rings (SSSR count). The summed E-state index contributed by atoms with van der Waals surface area (Å²) in [5.41, 5.74) is 5.73. The summed E-state index contributed by atoms with van der Waals surface area (Å²) in [7, 11) is 0. The SMILES string of the molecule is CCn1ncc(N)c1C(=O)NCC1(O)CCC(C)CC1. The second-order valence-corrected chi connectivity index (χ2v) is 5.85. The lowest BCUT2D eigenvalue weighted by atomic mass is 9.79. The number of nitrogens with one attached hydrogen (secondary N) is 1. The van der Waals surface area contributed by atoms with Crippen molar-refractivity contribution in [2.75, 3.05) is 12.3 Å². The Hall–Kier alpha value is -1.56. The Morgan fingerprint density at radius 1 is 1.60 bits per heavy atom. The van der Waals surface area contributed by atoms with E-state index in [4.69, 9.17) is 5.73 Å². The normalized spacial score (nSPS) is 26.4. The first-order valence-electron chi connectivity index (χ1n) is 7.27. The van der Waals surface area contributed by atoms with Crippen molar-refractivity contribution in [1.29, 1.82) is 0 Å². The molecule has 20 heavy (non-hydrogen) atoms. The van der Waals surface area contributed by atoms with E-state index >= 15 is 0 Å². The minimum atomic E-state index is -0.784. The van der Waals surface area contributed by atoms with Crippen molar-refractivity contribution < 1.29 is 9.90 Å². The minimum absolute atomic E-state index is 0.270. The van der Waals surface area contributed by atoms with Gasteiger partial charge in [-0.1, -0.05) is 6.92 Å². The maximum absolute atomic E-state index is 12.2. The van der Waals surface area contributed by atoms with Crippen LogP contribution in [0.5, 0.6) is 0 Å². The maximum Gasteiger partial charge on any atom is 0.271 e. The number of aryl methyl sites for hydroxylation is 1. The van der Waals surface area contributed by atoms with Crippen LogP contribution in [0.1, 0.15) is 50.0 Å². The standard InChI is InChI=1S/C14H24N4O2/c1-3-18-12(11(15)8-17-18)13(19)16-9-14(20)6-4-10(2)5-7-14/h8,10,20H,3-7,9,15H2,1-2H3,(H,16,19). The zero-order chi connectivity index (χ0) is 14.8. The quantitative estimate of drug-likeness (QED) is 0.771. The van der Waals surface area contributed by atoms with E-state index in [-0.39, 0.29) is 12.5 Å². The third-order valence-corrected chi connectivity index (χ3v) is 4.17. The van der Waals surface area contributed by atoms with Crippen LogP contribution in [0.2, 0.25) is 0 Å². The topological polar surface area (TPSA) is 93.2 Å². The minimum Gasteiger partial charge on any atom is -0.396 e. The van der Waals surface area contributed by atoms with Crippen molar-refractivity contribution >= 4 is 11.6 Å². The molecule has 1 aromatic heterocycles. The molecule has 1 saturated carbocycles. The van der Waals surface area contributed by atoms with E-state index in [9.17, 15) is 9.90 Å². The molecule has 0 spiro atoms. The highest BCUT2D eigenvalue weighted by Crippen LogP contribution is 2.31. The molecule has 0 aromatic carbocycles. The fourth-order valence-corrected chi connectivity index (χ4v) is 2.69. The van der Waals surface area contributed by atoms with Gasteiger partial charge in [0.25, 0.3) is 5.91 Å². The van der Waals surface area contributed by atoms with Gasteiger partial charge in [0.2, 0.25) is 0 Å². The number of nitrogen functional groups attached to an aromatic ring is 1. The third kappa shape index (κ3) is 3.12. The van der Waals surface area contributed by atoms with Gasteiger partial charge < -0.3 is 16.2 Å². The van der Waals surface area contributed by atoms with Crippen LogP contribution in [-0.4, -0.2) is 32.9 Å². The first-order chi connectivity index (χ1) is 9.45. The van der Waals surface area contributed by atoms with Gasteiger partial charge in [-0.15, -0.1) is 0 Å². The number of nitrogens with two attached hydrogens (primary N) is 1. The van der Waals surface area contributed by atoms with Crippen molar-refractivity contribution in [2.24, 2.45) is 5.92 Å². The molecule has 0 atom stereocenters. The van der Waals surface area contributed by atoms with Gasteiger partial charge in [-0.05, 0) is 38.5 Å². The summed E-state index contributed by atoms with van der Waals surface area (Å²) in [5, 5.41) is 17.3. The second kappa shape index (κ2) is 5.83. The number of aliphatic hydroxyl groups is 1. The summed E-state index contributed by atoms with van der Waals surface area (Å²) in [6.07, 6.45) is 4.95. The molecule has 112 valence electrons. The van der Waals surface area contributed by atoms with Crippen LogP contribution in [0, 0.1) is 5.92 Å². The number of hydrogen-bond donors (Lipinski definition) is 3. The van der Waals surface area contributed by atoms with E-state index in [0.717, 1.165) is 25.7 Å². The van der Waals surface area contributed by atoms with Crippen LogP contribution in [0.25, 0.3) is 0 Å². The van der Waals surface area contributed by atoms with E-state index in [2.05, 4.69) is 17.3 Å². The van der Waals surface area contributed by atoms with Crippen molar-refractivity contribution in [2.45, 2.75) is 51.7 Å². The molecule has 1 fully saturated rings. The van der Waals surface area contributed by atoms with Gasteiger partial charge in [0.05, 0.1) is 17.5 Å². The van der Waals surface area contributed by atoms with Gasteiger partial charge in [-0.25, -0.2) is 0 Å². The molecule has 1 amide bonds. The predicted molar refractivity (Wildman–Crippen MR) is 77.2 cm³/mol. The Balaban J connectivity index is 1.97. The number of aromatic nitrogens is 2. The van der Waals surface area contributed by atoms with Crippen LogP contribution in [0.4, 0.5) is 5.69 Å². The van der Waals surface area contributed by atoms with Crippen molar-refractivity contribution in [3.8, 4) is 0 Å². The summed E-state index contributed by atoms with van der Waals surface area (Å²) in [5.74, 6) is 0.386. The molecule has 1 aliphatic rings. The van der Waals surface area contributed by atoms with Crippen molar-refractivity contribution in [1.82, 2.24) is 15.1 Å². The molecule has 6 nitrogen and oxygen atoms in total. The lowest BCUT2D eigenvalue weighted by molar-refractivity contribution is -0.00547. The molecule has 0 unspecified atom stereocenters. The number of rotatable bonds is 4. The molecule has 1 aliphatic carbocycles. The average molecular weight is 280 g/mol. The Bertz CT molecular complexity index is 476. The monoisotopic (exact) mass is 280 g/mol. The fraction of sp³-hybridized carbons (Fsp3) is 0.714. The summed E-state index contributed by atoms with van der Waals surface area (Å²) in [6.45, 7) is 4.95. The van der Waals surface area contributed by atoms with E-state index < -0.39 is 5.60 Å². The van der Waals surface area contributed by atoms with Crippen LogP contribution in [-0.2, 0) is 6.54 Å². The fourth-order valence-electron chi connectivity index (χ4n) is 2.69. The average Bonchev–Trinajstić information content (AvgIpc) is 2.81. The number of carbonyl (C=O) groups is 1. The highest BCUT2D eigenvalue weighted by Gasteiger charge is 2.32. The summed E-state index contributed by atoms with van der Waals surface area (Å²) in [4.78, 5) is 12.2. The Kier molecular flexibility index (Phi) is 4.32. The van der Waals surface area contributed by atoms with E-state index in [1.807, 2.05) is 6.92 Å². The summed E-state index contributed by atoms with van der Waals surface area (Å²) < 4.78 is 1.57. The smallest absolute Gasteiger partial charge is 0.271 e. The largest absolute Gasteiger partial charge is 0.396 e. The van der Waals surface area contributed by atoms with Gasteiger partial charge >= 0.3 is 0 Å². The molecule has 0 bridgehead atoms. The first kappa shape index (κ1) is 14.8. The lowest BCUT2D eigenvalue weighted by Gasteiger charge is -2.34. The molecule has 0 aliphatic heterocycles. The molecule has 4 N–H and O–H groups in total. The first-order valence-corrected chi connectivity index (χ1v) is 7.27. The van der Waals surface area contributed by atoms with Crippen molar-refractivity contribution in [3.63, 3.8) is 0 Å². The Morgan fingerprint density at radius 2 is 2.25 bits per heavy atom. The van der Waals surface area contributed by atoms with Gasteiger partial charge in [-0.2, -0.15) is 5.10 Å². The summed E-state index contributed by atoms with van der Waals surface area (Å²) in [6, 6.07) is 0. The Morgan fingerprint density at radius 3 is 2.85 bits per heavy atom. The molecule has 0 radical (unpaired) electrons. The van der Waals surface area contributed by atoms with Gasteiger partial charge in [0.15, 0.2) is 0 Å². The predicted octanol–water partition coefficient (Wildman–Crippen LogP) is 1.16. The molecule has 0 saturated heterocycles. The zero-order valence-electron chi connectivity index (χ0n) is 12.2. The van der Waals surface area contributed by atoms with Gasteiger partial charge in [0.1, 0.15) is 5.69 Å². The van der Waals surface area contributed by atoms with Crippen molar-refractivity contribution in [3.05, 3.63) is 11.9 Å². The third-order valence-electron chi connectivity index (χ3n) is 4.17. The molecule has 6 heteroatoms. The number of amides is 1. The lowest BCUT2D eigenvalue weighted by Crippen LogP contribution is -2.45. The number of hydrogen-bond acceptors (Lipinski definition) is 4. The Labute approximate surface area is 119 Å². The summed E-state index contributed by atoms with van der Waals surface area (Å²) >= 11 is 0. The molecular formula is C14H24N4O2.